The first-order chi connectivity index (χ1) is 9.74. The van der Waals surface area contributed by atoms with Crippen LogP contribution in [-0.4, -0.2) is 18.2 Å². The lowest BCUT2D eigenvalue weighted by atomic mass is 10.1. The maximum atomic E-state index is 11.6. The van der Waals surface area contributed by atoms with Gasteiger partial charge in [-0.25, -0.2) is 9.59 Å². The number of ether oxygens (including phenoxy) is 2. The third-order valence-electron chi connectivity index (χ3n) is 2.70. The highest BCUT2D eigenvalue weighted by Crippen LogP contribution is 2.22. The van der Waals surface area contributed by atoms with E-state index in [1.54, 1.807) is 39.0 Å². The van der Waals surface area contributed by atoms with E-state index in [4.69, 9.17) is 13.9 Å². The molecule has 21 heavy (non-hydrogen) atoms. The zero-order valence-electron chi connectivity index (χ0n) is 12.6. The van der Waals surface area contributed by atoms with Gasteiger partial charge in [0.05, 0.1) is 0 Å². The van der Waals surface area contributed by atoms with Gasteiger partial charge in [0, 0.05) is 17.5 Å². The molecule has 0 saturated heterocycles. The SMILES string of the molecule is Cc1cc(=O)oc2cc(OCC(=O)OC(C)(C)C)ccc12. The van der Waals surface area contributed by atoms with Crippen molar-refractivity contribution in [2.45, 2.75) is 33.3 Å². The lowest BCUT2D eigenvalue weighted by Crippen LogP contribution is -2.27. The summed E-state index contributed by atoms with van der Waals surface area (Å²) in [4.78, 5) is 22.9. The number of carbonyl (C=O) groups is 1. The third-order valence-corrected chi connectivity index (χ3v) is 2.70. The van der Waals surface area contributed by atoms with E-state index in [1.165, 1.54) is 6.07 Å². The molecule has 0 aliphatic carbocycles. The number of hydrogen-bond acceptors (Lipinski definition) is 5. The van der Waals surface area contributed by atoms with Crippen molar-refractivity contribution in [3.05, 3.63) is 40.2 Å². The fourth-order valence-corrected chi connectivity index (χ4v) is 1.91. The lowest BCUT2D eigenvalue weighted by Gasteiger charge is -2.19. The molecular weight excluding hydrogens is 272 g/mol. The maximum Gasteiger partial charge on any atom is 0.344 e. The number of aryl methyl sites for hydroxylation is 1. The molecule has 0 bridgehead atoms. The third kappa shape index (κ3) is 4.08. The van der Waals surface area contributed by atoms with Crippen LogP contribution in [0.5, 0.6) is 5.75 Å². The highest BCUT2D eigenvalue weighted by atomic mass is 16.6. The quantitative estimate of drug-likeness (QED) is 0.642. The molecule has 0 atom stereocenters. The van der Waals surface area contributed by atoms with Gasteiger partial charge in [-0.05, 0) is 45.4 Å². The van der Waals surface area contributed by atoms with Gasteiger partial charge in [0.1, 0.15) is 16.9 Å². The van der Waals surface area contributed by atoms with Crippen LogP contribution < -0.4 is 10.4 Å². The monoisotopic (exact) mass is 290 g/mol. The van der Waals surface area contributed by atoms with Crippen molar-refractivity contribution in [3.63, 3.8) is 0 Å². The molecule has 0 N–H and O–H groups in total. The standard InChI is InChI=1S/C16H18O5/c1-10-7-14(17)20-13-8-11(5-6-12(10)13)19-9-15(18)21-16(2,3)4/h5-8H,9H2,1-4H3. The Morgan fingerprint density at radius 1 is 1.24 bits per heavy atom. The Balaban J connectivity index is 2.13. The second-order valence-corrected chi connectivity index (χ2v) is 5.78. The Labute approximate surface area is 122 Å². The van der Waals surface area contributed by atoms with E-state index < -0.39 is 17.2 Å². The highest BCUT2D eigenvalue weighted by Gasteiger charge is 2.16. The van der Waals surface area contributed by atoms with Crippen LogP contribution >= 0.6 is 0 Å². The summed E-state index contributed by atoms with van der Waals surface area (Å²) in [6.45, 7) is 7.01. The summed E-state index contributed by atoms with van der Waals surface area (Å²) in [6.07, 6.45) is 0. The normalized spacial score (nSPS) is 11.4. The minimum atomic E-state index is -0.548. The van der Waals surface area contributed by atoms with Crippen molar-refractivity contribution >= 4 is 16.9 Å². The molecule has 0 radical (unpaired) electrons. The van der Waals surface area contributed by atoms with Crippen molar-refractivity contribution in [3.8, 4) is 5.75 Å². The first-order valence-electron chi connectivity index (χ1n) is 6.64. The minimum Gasteiger partial charge on any atom is -0.482 e. The molecule has 0 saturated carbocycles. The van der Waals surface area contributed by atoms with Crippen LogP contribution in [0.4, 0.5) is 0 Å². The van der Waals surface area contributed by atoms with Gasteiger partial charge in [-0.1, -0.05) is 0 Å². The molecular formula is C16H18O5. The van der Waals surface area contributed by atoms with Crippen LogP contribution in [0.15, 0.2) is 33.5 Å². The summed E-state index contributed by atoms with van der Waals surface area (Å²) in [5.41, 5.74) is 0.305. The molecule has 1 aromatic carbocycles. The molecule has 1 aromatic heterocycles. The molecule has 2 rings (SSSR count). The van der Waals surface area contributed by atoms with Crippen molar-refractivity contribution < 1.29 is 18.7 Å². The van der Waals surface area contributed by atoms with E-state index >= 15 is 0 Å². The minimum absolute atomic E-state index is 0.196. The summed E-state index contributed by atoms with van der Waals surface area (Å²) < 4.78 is 15.6. The van der Waals surface area contributed by atoms with Crippen LogP contribution in [0, 0.1) is 6.92 Å². The Hall–Kier alpha value is -2.30. The van der Waals surface area contributed by atoms with Crippen LogP contribution in [0.25, 0.3) is 11.0 Å². The zero-order valence-corrected chi connectivity index (χ0v) is 12.6. The second kappa shape index (κ2) is 5.60. The van der Waals surface area contributed by atoms with Gasteiger partial charge in [0.2, 0.25) is 0 Å². The Morgan fingerprint density at radius 3 is 2.62 bits per heavy atom. The predicted octanol–water partition coefficient (Wildman–Crippen LogP) is 2.82. The van der Waals surface area contributed by atoms with Crippen molar-refractivity contribution in [1.29, 1.82) is 0 Å². The van der Waals surface area contributed by atoms with Crippen molar-refractivity contribution in [2.24, 2.45) is 0 Å². The van der Waals surface area contributed by atoms with Gasteiger partial charge in [0.25, 0.3) is 0 Å². The maximum absolute atomic E-state index is 11.6. The lowest BCUT2D eigenvalue weighted by molar-refractivity contribution is -0.157. The van der Waals surface area contributed by atoms with E-state index in [9.17, 15) is 9.59 Å². The van der Waals surface area contributed by atoms with Crippen LogP contribution in [0.3, 0.4) is 0 Å². The predicted molar refractivity (Wildman–Crippen MR) is 78.6 cm³/mol. The Kier molecular flexibility index (Phi) is 4.02. The molecule has 5 heteroatoms. The van der Waals surface area contributed by atoms with E-state index in [2.05, 4.69) is 0 Å². The van der Waals surface area contributed by atoms with Gasteiger partial charge >= 0.3 is 11.6 Å². The fraction of sp³-hybridized carbons (Fsp3) is 0.375. The number of benzene rings is 1. The van der Waals surface area contributed by atoms with Crippen LogP contribution in [-0.2, 0) is 9.53 Å². The fourth-order valence-electron chi connectivity index (χ4n) is 1.91. The highest BCUT2D eigenvalue weighted by molar-refractivity contribution is 5.81. The summed E-state index contributed by atoms with van der Waals surface area (Å²) >= 11 is 0. The molecule has 0 unspecified atom stereocenters. The topological polar surface area (TPSA) is 65.7 Å². The number of esters is 1. The molecule has 5 nitrogen and oxygen atoms in total. The Bertz CT molecular complexity index is 722. The van der Waals surface area contributed by atoms with Crippen molar-refractivity contribution in [2.75, 3.05) is 6.61 Å². The van der Waals surface area contributed by atoms with Crippen LogP contribution in [0.2, 0.25) is 0 Å². The number of hydrogen-bond donors (Lipinski definition) is 0. The molecule has 0 spiro atoms. The zero-order chi connectivity index (χ0) is 15.6. The van der Waals surface area contributed by atoms with Gasteiger partial charge in [-0.3, -0.25) is 0 Å². The van der Waals surface area contributed by atoms with E-state index in [0.29, 0.717) is 11.3 Å². The summed E-state index contributed by atoms with van der Waals surface area (Å²) in [7, 11) is 0. The number of fused-ring (bicyclic) bond motifs is 1. The number of carbonyl (C=O) groups excluding carboxylic acids is 1. The molecule has 0 amide bonds. The molecule has 0 fully saturated rings. The second-order valence-electron chi connectivity index (χ2n) is 5.78. The average Bonchev–Trinajstić information content (AvgIpc) is 2.33. The smallest absolute Gasteiger partial charge is 0.344 e. The summed E-state index contributed by atoms with van der Waals surface area (Å²) in [5.74, 6) is -0.00426. The summed E-state index contributed by atoms with van der Waals surface area (Å²) in [6, 6.07) is 6.54. The molecule has 2 aromatic rings. The van der Waals surface area contributed by atoms with Crippen molar-refractivity contribution in [1.82, 2.24) is 0 Å². The first kappa shape index (κ1) is 15.1. The van der Waals surface area contributed by atoms with Gasteiger partial charge in [-0.2, -0.15) is 0 Å². The van der Waals surface area contributed by atoms with Gasteiger partial charge in [-0.15, -0.1) is 0 Å². The molecule has 0 aliphatic rings. The molecule has 0 aliphatic heterocycles. The summed E-state index contributed by atoms with van der Waals surface area (Å²) in [5, 5.41) is 0.833. The average molecular weight is 290 g/mol. The largest absolute Gasteiger partial charge is 0.482 e. The Morgan fingerprint density at radius 2 is 1.95 bits per heavy atom. The first-order valence-corrected chi connectivity index (χ1v) is 6.64. The van der Waals surface area contributed by atoms with Crippen LogP contribution in [0.1, 0.15) is 26.3 Å². The van der Waals surface area contributed by atoms with E-state index in [0.717, 1.165) is 10.9 Å². The number of rotatable bonds is 3. The van der Waals surface area contributed by atoms with Gasteiger partial charge < -0.3 is 13.9 Å². The molecule has 112 valence electrons. The van der Waals surface area contributed by atoms with E-state index in [-0.39, 0.29) is 6.61 Å². The van der Waals surface area contributed by atoms with E-state index in [1.807, 2.05) is 6.92 Å². The molecule has 1 heterocycles. The van der Waals surface area contributed by atoms with Gasteiger partial charge in [0.15, 0.2) is 6.61 Å².